The molecule has 0 aliphatic carbocycles. The summed E-state index contributed by atoms with van der Waals surface area (Å²) in [6, 6.07) is 6.67. The van der Waals surface area contributed by atoms with Crippen molar-refractivity contribution in [2.24, 2.45) is 11.8 Å². The van der Waals surface area contributed by atoms with Gasteiger partial charge in [-0.15, -0.1) is 0 Å². The van der Waals surface area contributed by atoms with Crippen molar-refractivity contribution in [3.8, 4) is 0 Å². The van der Waals surface area contributed by atoms with Gasteiger partial charge in [-0.25, -0.2) is 4.39 Å². The molecule has 0 saturated carbocycles. The minimum absolute atomic E-state index is 0.0391. The monoisotopic (exact) mass is 224 g/mol. The number of nitrogens with two attached hydrogens (primary N) is 1. The van der Waals surface area contributed by atoms with Crippen LogP contribution in [-0.2, 0) is 0 Å². The van der Waals surface area contributed by atoms with Gasteiger partial charge in [0, 0.05) is 6.04 Å². The molecule has 1 aromatic carbocycles. The summed E-state index contributed by atoms with van der Waals surface area (Å²) in [5.41, 5.74) is 3.69. The van der Waals surface area contributed by atoms with Crippen molar-refractivity contribution in [1.82, 2.24) is 5.43 Å². The van der Waals surface area contributed by atoms with Crippen molar-refractivity contribution in [3.05, 3.63) is 35.6 Å². The van der Waals surface area contributed by atoms with Crippen LogP contribution in [0.3, 0.4) is 0 Å². The van der Waals surface area contributed by atoms with E-state index in [1.807, 2.05) is 6.07 Å². The van der Waals surface area contributed by atoms with Gasteiger partial charge in [0.25, 0.3) is 0 Å². The molecule has 0 aliphatic rings. The number of benzene rings is 1. The highest BCUT2D eigenvalue weighted by molar-refractivity contribution is 5.20. The average Bonchev–Trinajstić information content (AvgIpc) is 2.26. The Balaban J connectivity index is 2.67. The second-order valence-corrected chi connectivity index (χ2v) is 4.40. The first-order valence-corrected chi connectivity index (χ1v) is 5.89. The molecule has 1 rings (SSSR count). The van der Waals surface area contributed by atoms with Crippen LogP contribution in [0.2, 0.25) is 0 Å². The fraction of sp³-hybridized carbons (Fsp3) is 0.538. The Kier molecular flexibility index (Phi) is 5.43. The van der Waals surface area contributed by atoms with Gasteiger partial charge in [-0.3, -0.25) is 11.3 Å². The molecule has 90 valence electrons. The van der Waals surface area contributed by atoms with Gasteiger partial charge in [-0.05, 0) is 30.0 Å². The molecule has 0 amide bonds. The maximum atomic E-state index is 13.1. The molecule has 16 heavy (non-hydrogen) atoms. The van der Waals surface area contributed by atoms with Crippen LogP contribution in [0.15, 0.2) is 24.3 Å². The molecule has 0 radical (unpaired) electrons. The predicted octanol–water partition coefficient (Wildman–Crippen LogP) is 3.16. The maximum Gasteiger partial charge on any atom is 0.123 e. The zero-order valence-electron chi connectivity index (χ0n) is 10.0. The number of nitrogens with one attached hydrogen (secondary N) is 1. The second-order valence-electron chi connectivity index (χ2n) is 4.40. The van der Waals surface area contributed by atoms with E-state index in [0.29, 0.717) is 5.92 Å². The first-order chi connectivity index (χ1) is 7.67. The van der Waals surface area contributed by atoms with Crippen molar-refractivity contribution >= 4 is 0 Å². The fourth-order valence-electron chi connectivity index (χ4n) is 2.04. The summed E-state index contributed by atoms with van der Waals surface area (Å²) in [6.07, 6.45) is 3.28. The van der Waals surface area contributed by atoms with Crippen LogP contribution >= 0.6 is 0 Å². The van der Waals surface area contributed by atoms with E-state index >= 15 is 0 Å². The summed E-state index contributed by atoms with van der Waals surface area (Å²) in [4.78, 5) is 0. The first kappa shape index (κ1) is 13.1. The minimum Gasteiger partial charge on any atom is -0.271 e. The molecule has 3 N–H and O–H groups in total. The normalized spacial score (nSPS) is 14.8. The Labute approximate surface area is 97.0 Å². The molecule has 1 aromatic rings. The first-order valence-electron chi connectivity index (χ1n) is 5.89. The summed E-state index contributed by atoms with van der Waals surface area (Å²) >= 11 is 0. The lowest BCUT2D eigenvalue weighted by atomic mass is 9.93. The molecule has 0 saturated heterocycles. The Morgan fingerprint density at radius 2 is 2.19 bits per heavy atom. The molecule has 0 aliphatic heterocycles. The van der Waals surface area contributed by atoms with Crippen LogP contribution in [0.4, 0.5) is 4.39 Å². The van der Waals surface area contributed by atoms with Gasteiger partial charge in [-0.2, -0.15) is 0 Å². The zero-order chi connectivity index (χ0) is 12.0. The summed E-state index contributed by atoms with van der Waals surface area (Å²) in [7, 11) is 0. The molecular formula is C13H21FN2. The highest BCUT2D eigenvalue weighted by atomic mass is 19.1. The Bertz CT molecular complexity index is 315. The summed E-state index contributed by atoms with van der Waals surface area (Å²) in [6.45, 7) is 4.37. The van der Waals surface area contributed by atoms with Gasteiger partial charge in [0.05, 0.1) is 0 Å². The average molecular weight is 224 g/mol. The van der Waals surface area contributed by atoms with E-state index in [-0.39, 0.29) is 11.9 Å². The quantitative estimate of drug-likeness (QED) is 0.575. The number of hydrazine groups is 1. The van der Waals surface area contributed by atoms with E-state index in [0.717, 1.165) is 12.0 Å². The Morgan fingerprint density at radius 1 is 1.44 bits per heavy atom. The lowest BCUT2D eigenvalue weighted by Crippen LogP contribution is -2.29. The van der Waals surface area contributed by atoms with Crippen molar-refractivity contribution in [3.63, 3.8) is 0 Å². The third-order valence-corrected chi connectivity index (χ3v) is 2.87. The highest BCUT2D eigenvalue weighted by Gasteiger charge is 2.13. The third-order valence-electron chi connectivity index (χ3n) is 2.87. The molecule has 3 heteroatoms. The Morgan fingerprint density at radius 3 is 2.75 bits per heavy atom. The summed E-state index contributed by atoms with van der Waals surface area (Å²) in [5, 5.41) is 0. The van der Waals surface area contributed by atoms with E-state index in [1.165, 1.54) is 18.9 Å². The molecule has 0 fully saturated rings. The minimum atomic E-state index is -0.208. The van der Waals surface area contributed by atoms with Crippen LogP contribution in [0.25, 0.3) is 0 Å². The van der Waals surface area contributed by atoms with Crippen LogP contribution in [0.5, 0.6) is 0 Å². The van der Waals surface area contributed by atoms with Crippen molar-refractivity contribution in [2.45, 2.75) is 39.2 Å². The molecule has 0 spiro atoms. The van der Waals surface area contributed by atoms with E-state index in [4.69, 9.17) is 5.84 Å². The third kappa shape index (κ3) is 3.91. The number of halogens is 1. The zero-order valence-corrected chi connectivity index (χ0v) is 10.0. The lowest BCUT2D eigenvalue weighted by Gasteiger charge is -2.20. The molecule has 2 atom stereocenters. The van der Waals surface area contributed by atoms with Gasteiger partial charge >= 0.3 is 0 Å². The van der Waals surface area contributed by atoms with Gasteiger partial charge in [0.15, 0.2) is 0 Å². The van der Waals surface area contributed by atoms with Gasteiger partial charge < -0.3 is 0 Å². The Hall–Kier alpha value is -0.930. The lowest BCUT2D eigenvalue weighted by molar-refractivity contribution is 0.393. The largest absolute Gasteiger partial charge is 0.271 e. The van der Waals surface area contributed by atoms with Crippen molar-refractivity contribution in [1.29, 1.82) is 0 Å². The smallest absolute Gasteiger partial charge is 0.123 e. The maximum absolute atomic E-state index is 13.1. The molecule has 2 nitrogen and oxygen atoms in total. The molecular weight excluding hydrogens is 203 g/mol. The summed E-state index contributed by atoms with van der Waals surface area (Å²) in [5.74, 6) is 5.91. The summed E-state index contributed by atoms with van der Waals surface area (Å²) < 4.78 is 13.1. The number of rotatable bonds is 6. The van der Waals surface area contributed by atoms with E-state index in [9.17, 15) is 4.39 Å². The predicted molar refractivity (Wildman–Crippen MR) is 65.2 cm³/mol. The topological polar surface area (TPSA) is 38.0 Å². The van der Waals surface area contributed by atoms with Crippen molar-refractivity contribution < 1.29 is 4.39 Å². The molecule has 0 aromatic heterocycles. The van der Waals surface area contributed by atoms with Gasteiger partial charge in [0.2, 0.25) is 0 Å². The van der Waals surface area contributed by atoms with Crippen LogP contribution < -0.4 is 11.3 Å². The standard InChI is InChI=1S/C13H21FN2/c1-3-5-10(2)8-13(16-15)11-6-4-7-12(14)9-11/h4,6-7,9-10,13,16H,3,5,8,15H2,1-2H3. The molecule has 2 unspecified atom stereocenters. The SMILES string of the molecule is CCCC(C)CC(NN)c1cccc(F)c1. The van der Waals surface area contributed by atoms with Crippen LogP contribution in [-0.4, -0.2) is 0 Å². The fourth-order valence-corrected chi connectivity index (χ4v) is 2.04. The number of hydrogen-bond acceptors (Lipinski definition) is 2. The van der Waals surface area contributed by atoms with Gasteiger partial charge in [0.1, 0.15) is 5.82 Å². The van der Waals surface area contributed by atoms with Crippen LogP contribution in [0, 0.1) is 11.7 Å². The van der Waals surface area contributed by atoms with Gasteiger partial charge in [-0.1, -0.05) is 38.8 Å². The molecule has 0 heterocycles. The van der Waals surface area contributed by atoms with E-state index < -0.39 is 0 Å². The van der Waals surface area contributed by atoms with Crippen LogP contribution in [0.1, 0.15) is 44.7 Å². The number of hydrogen-bond donors (Lipinski definition) is 2. The van der Waals surface area contributed by atoms with E-state index in [2.05, 4.69) is 19.3 Å². The van der Waals surface area contributed by atoms with Crippen molar-refractivity contribution in [2.75, 3.05) is 0 Å². The molecule has 0 bridgehead atoms. The second kappa shape index (κ2) is 6.61. The highest BCUT2D eigenvalue weighted by Crippen LogP contribution is 2.23. The van der Waals surface area contributed by atoms with E-state index in [1.54, 1.807) is 12.1 Å².